The SMILES string of the molecule is COc1ccc(NCC(=O)Nc2ccc(C(=O)N(C)c3ccccc3)cc2)cc1. The van der Waals surface area contributed by atoms with E-state index in [9.17, 15) is 9.59 Å². The quantitative estimate of drug-likeness (QED) is 0.640. The number of carbonyl (C=O) groups is 2. The molecule has 2 amide bonds. The molecule has 6 nitrogen and oxygen atoms in total. The fraction of sp³-hybridized carbons (Fsp3) is 0.130. The fourth-order valence-corrected chi connectivity index (χ4v) is 2.76. The van der Waals surface area contributed by atoms with E-state index < -0.39 is 0 Å². The summed E-state index contributed by atoms with van der Waals surface area (Å²) in [5.41, 5.74) is 2.82. The number of rotatable bonds is 7. The first kappa shape index (κ1) is 19.9. The van der Waals surface area contributed by atoms with Gasteiger partial charge in [-0.3, -0.25) is 9.59 Å². The molecule has 0 saturated carbocycles. The van der Waals surface area contributed by atoms with Gasteiger partial charge in [0.05, 0.1) is 13.7 Å². The van der Waals surface area contributed by atoms with Gasteiger partial charge < -0.3 is 20.3 Å². The van der Waals surface area contributed by atoms with E-state index in [1.54, 1.807) is 43.3 Å². The second-order valence-electron chi connectivity index (χ2n) is 6.41. The Kier molecular flexibility index (Phi) is 6.47. The molecule has 0 spiro atoms. The van der Waals surface area contributed by atoms with Crippen molar-refractivity contribution in [1.29, 1.82) is 0 Å². The van der Waals surface area contributed by atoms with Crippen LogP contribution in [-0.2, 0) is 4.79 Å². The van der Waals surface area contributed by atoms with Gasteiger partial charge in [0, 0.05) is 29.7 Å². The minimum Gasteiger partial charge on any atom is -0.497 e. The molecule has 29 heavy (non-hydrogen) atoms. The van der Waals surface area contributed by atoms with Crippen LogP contribution >= 0.6 is 0 Å². The zero-order chi connectivity index (χ0) is 20.6. The highest BCUT2D eigenvalue weighted by molar-refractivity contribution is 6.06. The monoisotopic (exact) mass is 389 g/mol. The van der Waals surface area contributed by atoms with Crippen LogP contribution in [0.5, 0.6) is 5.75 Å². The van der Waals surface area contributed by atoms with Gasteiger partial charge >= 0.3 is 0 Å². The largest absolute Gasteiger partial charge is 0.497 e. The lowest BCUT2D eigenvalue weighted by atomic mass is 10.1. The zero-order valence-electron chi connectivity index (χ0n) is 16.4. The second-order valence-corrected chi connectivity index (χ2v) is 6.41. The van der Waals surface area contributed by atoms with Gasteiger partial charge in [0.15, 0.2) is 0 Å². The summed E-state index contributed by atoms with van der Waals surface area (Å²) in [7, 11) is 3.34. The molecule has 3 rings (SSSR count). The molecule has 6 heteroatoms. The number of hydrogen-bond acceptors (Lipinski definition) is 4. The van der Waals surface area contributed by atoms with Crippen LogP contribution in [0.2, 0.25) is 0 Å². The summed E-state index contributed by atoms with van der Waals surface area (Å²) in [6.07, 6.45) is 0. The van der Waals surface area contributed by atoms with Gasteiger partial charge in [-0.1, -0.05) is 18.2 Å². The van der Waals surface area contributed by atoms with Gasteiger partial charge in [0.2, 0.25) is 5.91 Å². The third-order valence-corrected chi connectivity index (χ3v) is 4.41. The first-order chi connectivity index (χ1) is 14.1. The Morgan fingerprint density at radius 2 is 1.48 bits per heavy atom. The molecule has 0 heterocycles. The lowest BCUT2D eigenvalue weighted by Gasteiger charge is -2.17. The molecule has 0 unspecified atom stereocenters. The van der Waals surface area contributed by atoms with Crippen molar-refractivity contribution < 1.29 is 14.3 Å². The Bertz CT molecular complexity index is 955. The van der Waals surface area contributed by atoms with Crippen LogP contribution in [0.4, 0.5) is 17.1 Å². The number of ether oxygens (including phenoxy) is 1. The molecule has 0 aliphatic carbocycles. The van der Waals surface area contributed by atoms with Crippen molar-refractivity contribution >= 4 is 28.9 Å². The maximum absolute atomic E-state index is 12.6. The van der Waals surface area contributed by atoms with Gasteiger partial charge in [-0.2, -0.15) is 0 Å². The Labute approximate surface area is 170 Å². The van der Waals surface area contributed by atoms with Crippen molar-refractivity contribution in [3.05, 3.63) is 84.4 Å². The smallest absolute Gasteiger partial charge is 0.258 e. The lowest BCUT2D eigenvalue weighted by molar-refractivity contribution is -0.114. The number of anilines is 3. The Balaban J connectivity index is 1.54. The van der Waals surface area contributed by atoms with Crippen LogP contribution in [0.1, 0.15) is 10.4 Å². The first-order valence-electron chi connectivity index (χ1n) is 9.18. The molecule has 0 aromatic heterocycles. The molecule has 148 valence electrons. The van der Waals surface area contributed by atoms with Gasteiger partial charge in [-0.15, -0.1) is 0 Å². The minimum atomic E-state index is -0.179. The van der Waals surface area contributed by atoms with E-state index in [1.165, 1.54) is 0 Å². The van der Waals surface area contributed by atoms with E-state index in [0.29, 0.717) is 11.3 Å². The average molecular weight is 389 g/mol. The van der Waals surface area contributed by atoms with Crippen molar-refractivity contribution in [2.24, 2.45) is 0 Å². The first-order valence-corrected chi connectivity index (χ1v) is 9.18. The van der Waals surface area contributed by atoms with E-state index in [1.807, 2.05) is 54.6 Å². The predicted molar refractivity (Wildman–Crippen MR) is 116 cm³/mol. The molecule has 0 atom stereocenters. The van der Waals surface area contributed by atoms with Crippen LogP contribution in [0, 0.1) is 0 Å². The van der Waals surface area contributed by atoms with E-state index in [-0.39, 0.29) is 18.4 Å². The average Bonchev–Trinajstić information content (AvgIpc) is 2.78. The molecule has 0 radical (unpaired) electrons. The van der Waals surface area contributed by atoms with E-state index >= 15 is 0 Å². The molecular formula is C23H23N3O3. The third kappa shape index (κ3) is 5.35. The molecule has 0 aliphatic rings. The van der Waals surface area contributed by atoms with E-state index in [4.69, 9.17) is 4.74 Å². The summed E-state index contributed by atoms with van der Waals surface area (Å²) in [6, 6.07) is 23.6. The van der Waals surface area contributed by atoms with E-state index in [0.717, 1.165) is 17.1 Å². The summed E-state index contributed by atoms with van der Waals surface area (Å²) in [6.45, 7) is 0.129. The Morgan fingerprint density at radius 3 is 2.10 bits per heavy atom. The maximum atomic E-state index is 12.6. The van der Waals surface area contributed by atoms with Crippen molar-refractivity contribution in [2.75, 3.05) is 36.2 Å². The Hall–Kier alpha value is -3.80. The normalized spacial score (nSPS) is 10.1. The summed E-state index contributed by atoms with van der Waals surface area (Å²) < 4.78 is 5.11. The number of nitrogens with one attached hydrogen (secondary N) is 2. The van der Waals surface area contributed by atoms with Gasteiger partial charge in [0.25, 0.3) is 5.91 Å². The number of nitrogens with zero attached hydrogens (tertiary/aromatic N) is 1. The maximum Gasteiger partial charge on any atom is 0.258 e. The highest BCUT2D eigenvalue weighted by Gasteiger charge is 2.13. The summed E-state index contributed by atoms with van der Waals surface area (Å²) in [4.78, 5) is 26.3. The van der Waals surface area contributed by atoms with Crippen LogP contribution < -0.4 is 20.3 Å². The fourth-order valence-electron chi connectivity index (χ4n) is 2.76. The number of benzene rings is 3. The summed E-state index contributed by atoms with van der Waals surface area (Å²) >= 11 is 0. The van der Waals surface area contributed by atoms with Gasteiger partial charge in [-0.05, 0) is 60.7 Å². The van der Waals surface area contributed by atoms with Crippen molar-refractivity contribution in [3.8, 4) is 5.75 Å². The Morgan fingerprint density at radius 1 is 0.862 bits per heavy atom. The number of amides is 2. The van der Waals surface area contributed by atoms with Crippen LogP contribution in [0.15, 0.2) is 78.9 Å². The summed E-state index contributed by atoms with van der Waals surface area (Å²) in [5.74, 6) is 0.462. The number of carbonyl (C=O) groups excluding carboxylic acids is 2. The van der Waals surface area contributed by atoms with Crippen LogP contribution in [0.3, 0.4) is 0 Å². The number of methoxy groups -OCH3 is 1. The molecule has 3 aromatic rings. The topological polar surface area (TPSA) is 70.7 Å². The highest BCUT2D eigenvalue weighted by Crippen LogP contribution is 2.17. The zero-order valence-corrected chi connectivity index (χ0v) is 16.4. The molecule has 0 saturated heterocycles. The molecular weight excluding hydrogens is 366 g/mol. The standard InChI is InChI=1S/C23H23N3O3/c1-26(20-6-4-3-5-7-20)23(28)17-8-10-19(11-9-17)25-22(27)16-24-18-12-14-21(29-2)15-13-18/h3-15,24H,16H2,1-2H3,(H,25,27). The summed E-state index contributed by atoms with van der Waals surface area (Å²) in [5, 5.41) is 5.86. The van der Waals surface area contributed by atoms with Crippen molar-refractivity contribution in [3.63, 3.8) is 0 Å². The molecule has 2 N–H and O–H groups in total. The lowest BCUT2D eigenvalue weighted by Crippen LogP contribution is -2.26. The minimum absolute atomic E-state index is 0.116. The third-order valence-electron chi connectivity index (χ3n) is 4.41. The molecule has 0 bridgehead atoms. The highest BCUT2D eigenvalue weighted by atomic mass is 16.5. The number of hydrogen-bond donors (Lipinski definition) is 2. The van der Waals surface area contributed by atoms with Crippen molar-refractivity contribution in [1.82, 2.24) is 0 Å². The predicted octanol–water partition coefficient (Wildman–Crippen LogP) is 4.02. The molecule has 0 fully saturated rings. The van der Waals surface area contributed by atoms with Crippen LogP contribution in [-0.4, -0.2) is 32.5 Å². The second kappa shape index (κ2) is 9.41. The van der Waals surface area contributed by atoms with Crippen molar-refractivity contribution in [2.45, 2.75) is 0 Å². The van der Waals surface area contributed by atoms with E-state index in [2.05, 4.69) is 10.6 Å². The number of para-hydroxylation sites is 1. The van der Waals surface area contributed by atoms with Gasteiger partial charge in [0.1, 0.15) is 5.75 Å². The van der Waals surface area contributed by atoms with Gasteiger partial charge in [-0.25, -0.2) is 0 Å². The molecule has 0 aliphatic heterocycles. The van der Waals surface area contributed by atoms with Crippen LogP contribution in [0.25, 0.3) is 0 Å². The molecule has 3 aromatic carbocycles.